The van der Waals surface area contributed by atoms with Crippen LogP contribution < -0.4 is 5.32 Å². The van der Waals surface area contributed by atoms with E-state index >= 15 is 0 Å². The molecule has 1 heterocycles. The predicted octanol–water partition coefficient (Wildman–Crippen LogP) is 2.18. The van der Waals surface area contributed by atoms with Crippen LogP contribution in [-0.2, 0) is 11.3 Å². The molecule has 1 aromatic heterocycles. The van der Waals surface area contributed by atoms with Gasteiger partial charge in [-0.2, -0.15) is 0 Å². The SMILES string of the molecule is CN(C)CCOCCNCc1sccc1Br. The molecule has 1 rings (SSSR count). The first kappa shape index (κ1) is 14.1. The van der Waals surface area contributed by atoms with Crippen molar-refractivity contribution in [3.63, 3.8) is 0 Å². The molecule has 92 valence electrons. The number of thiophene rings is 1. The molecule has 0 amide bonds. The first-order valence-electron chi connectivity index (χ1n) is 5.35. The maximum atomic E-state index is 5.48. The van der Waals surface area contributed by atoms with Crippen molar-refractivity contribution in [3.8, 4) is 0 Å². The lowest BCUT2D eigenvalue weighted by atomic mass is 10.4. The van der Waals surface area contributed by atoms with Crippen molar-refractivity contribution < 1.29 is 4.74 Å². The summed E-state index contributed by atoms with van der Waals surface area (Å²) >= 11 is 5.27. The summed E-state index contributed by atoms with van der Waals surface area (Å²) in [6.45, 7) is 4.37. The fourth-order valence-electron chi connectivity index (χ4n) is 1.15. The summed E-state index contributed by atoms with van der Waals surface area (Å²) in [6, 6.07) is 2.08. The highest BCUT2D eigenvalue weighted by Crippen LogP contribution is 2.21. The molecule has 0 aromatic carbocycles. The first-order valence-corrected chi connectivity index (χ1v) is 7.02. The summed E-state index contributed by atoms with van der Waals surface area (Å²) in [4.78, 5) is 3.46. The standard InChI is InChI=1S/C11H19BrN2OS/c1-14(2)5-7-15-6-4-13-9-11-10(12)3-8-16-11/h3,8,13H,4-7,9H2,1-2H3. The van der Waals surface area contributed by atoms with E-state index in [2.05, 4.69) is 51.7 Å². The van der Waals surface area contributed by atoms with E-state index in [1.165, 1.54) is 9.35 Å². The van der Waals surface area contributed by atoms with Crippen LogP contribution in [0.15, 0.2) is 15.9 Å². The molecule has 0 saturated carbocycles. The van der Waals surface area contributed by atoms with Crippen molar-refractivity contribution in [1.82, 2.24) is 10.2 Å². The van der Waals surface area contributed by atoms with Gasteiger partial charge in [-0.15, -0.1) is 11.3 Å². The van der Waals surface area contributed by atoms with E-state index in [1.54, 1.807) is 11.3 Å². The van der Waals surface area contributed by atoms with Gasteiger partial charge >= 0.3 is 0 Å². The highest BCUT2D eigenvalue weighted by Gasteiger charge is 1.99. The smallest absolute Gasteiger partial charge is 0.0593 e. The minimum absolute atomic E-state index is 0.775. The Morgan fingerprint density at radius 3 is 2.88 bits per heavy atom. The van der Waals surface area contributed by atoms with Crippen molar-refractivity contribution in [3.05, 3.63) is 20.8 Å². The van der Waals surface area contributed by atoms with E-state index in [0.717, 1.165) is 32.8 Å². The number of likely N-dealkylation sites (N-methyl/N-ethyl adjacent to an activating group) is 1. The summed E-state index contributed by atoms with van der Waals surface area (Å²) in [5.41, 5.74) is 0. The molecule has 1 aromatic rings. The summed E-state index contributed by atoms with van der Waals surface area (Å²) in [5, 5.41) is 5.45. The molecule has 0 unspecified atom stereocenters. The molecular weight excluding hydrogens is 288 g/mol. The van der Waals surface area contributed by atoms with Crippen LogP contribution in [0.2, 0.25) is 0 Å². The molecule has 0 fully saturated rings. The van der Waals surface area contributed by atoms with Gasteiger partial charge in [0.15, 0.2) is 0 Å². The highest BCUT2D eigenvalue weighted by atomic mass is 79.9. The molecule has 0 bridgehead atoms. The second-order valence-corrected chi connectivity index (χ2v) is 5.64. The lowest BCUT2D eigenvalue weighted by Crippen LogP contribution is -2.22. The molecule has 0 atom stereocenters. The second kappa shape index (κ2) is 8.20. The molecule has 5 heteroatoms. The first-order chi connectivity index (χ1) is 7.70. The van der Waals surface area contributed by atoms with Crippen LogP contribution in [0.4, 0.5) is 0 Å². The summed E-state index contributed by atoms with van der Waals surface area (Å²) in [7, 11) is 4.10. The lowest BCUT2D eigenvalue weighted by molar-refractivity contribution is 0.119. The molecule has 3 nitrogen and oxygen atoms in total. The number of hydrogen-bond acceptors (Lipinski definition) is 4. The zero-order valence-electron chi connectivity index (χ0n) is 9.83. The normalized spacial score (nSPS) is 11.2. The lowest BCUT2D eigenvalue weighted by Gasteiger charge is -2.10. The van der Waals surface area contributed by atoms with Crippen LogP contribution in [-0.4, -0.2) is 45.3 Å². The quantitative estimate of drug-likeness (QED) is 0.745. The van der Waals surface area contributed by atoms with Gasteiger partial charge in [0.05, 0.1) is 13.2 Å². The van der Waals surface area contributed by atoms with Gasteiger partial charge in [0.2, 0.25) is 0 Å². The average Bonchev–Trinajstić information content (AvgIpc) is 2.62. The minimum atomic E-state index is 0.775. The Kier molecular flexibility index (Phi) is 7.23. The van der Waals surface area contributed by atoms with Crippen molar-refractivity contribution in [2.45, 2.75) is 6.54 Å². The molecule has 0 saturated heterocycles. The van der Waals surface area contributed by atoms with Crippen LogP contribution in [0.5, 0.6) is 0 Å². The maximum Gasteiger partial charge on any atom is 0.0593 e. The number of nitrogens with zero attached hydrogens (tertiary/aromatic N) is 1. The Balaban J connectivity index is 1.94. The van der Waals surface area contributed by atoms with Crippen molar-refractivity contribution in [1.29, 1.82) is 0 Å². The molecule has 0 spiro atoms. The van der Waals surface area contributed by atoms with Crippen LogP contribution in [0.25, 0.3) is 0 Å². The Hall–Kier alpha value is 0.0600. The van der Waals surface area contributed by atoms with E-state index < -0.39 is 0 Å². The molecule has 0 aliphatic rings. The highest BCUT2D eigenvalue weighted by molar-refractivity contribution is 9.10. The van der Waals surface area contributed by atoms with Gasteiger partial charge in [0.25, 0.3) is 0 Å². The molecule has 0 radical (unpaired) electrons. The number of rotatable bonds is 8. The Morgan fingerprint density at radius 2 is 2.25 bits per heavy atom. The average molecular weight is 307 g/mol. The van der Waals surface area contributed by atoms with Crippen LogP contribution >= 0.6 is 27.3 Å². The van der Waals surface area contributed by atoms with Crippen molar-refractivity contribution >= 4 is 27.3 Å². The van der Waals surface area contributed by atoms with Crippen LogP contribution in [0, 0.1) is 0 Å². The molecule has 1 N–H and O–H groups in total. The minimum Gasteiger partial charge on any atom is -0.379 e. The molecule has 0 aliphatic carbocycles. The monoisotopic (exact) mass is 306 g/mol. The Labute approximate surface area is 110 Å². The number of hydrogen-bond donors (Lipinski definition) is 1. The van der Waals surface area contributed by atoms with Gasteiger partial charge in [-0.3, -0.25) is 0 Å². The van der Waals surface area contributed by atoms with Gasteiger partial charge in [0.1, 0.15) is 0 Å². The van der Waals surface area contributed by atoms with Gasteiger partial charge in [-0.05, 0) is 41.5 Å². The third kappa shape index (κ3) is 5.96. The second-order valence-electron chi connectivity index (χ2n) is 3.78. The fourth-order valence-corrected chi connectivity index (χ4v) is 2.61. The van der Waals surface area contributed by atoms with E-state index in [1.807, 2.05) is 0 Å². The van der Waals surface area contributed by atoms with Crippen LogP contribution in [0.1, 0.15) is 4.88 Å². The number of halogens is 1. The fraction of sp³-hybridized carbons (Fsp3) is 0.636. The Bertz CT molecular complexity index is 291. The molecule has 0 aliphatic heterocycles. The summed E-state index contributed by atoms with van der Waals surface area (Å²) in [5.74, 6) is 0. The molecule has 16 heavy (non-hydrogen) atoms. The van der Waals surface area contributed by atoms with Crippen molar-refractivity contribution in [2.75, 3.05) is 40.4 Å². The van der Waals surface area contributed by atoms with Gasteiger partial charge < -0.3 is 15.0 Å². The third-order valence-corrected chi connectivity index (χ3v) is 4.01. The summed E-state index contributed by atoms with van der Waals surface area (Å²) < 4.78 is 6.67. The largest absolute Gasteiger partial charge is 0.379 e. The van der Waals surface area contributed by atoms with E-state index in [9.17, 15) is 0 Å². The van der Waals surface area contributed by atoms with Crippen LogP contribution in [0.3, 0.4) is 0 Å². The number of ether oxygens (including phenoxy) is 1. The Morgan fingerprint density at radius 1 is 1.44 bits per heavy atom. The van der Waals surface area contributed by atoms with Gasteiger partial charge in [-0.25, -0.2) is 0 Å². The van der Waals surface area contributed by atoms with Gasteiger partial charge in [0, 0.05) is 29.0 Å². The van der Waals surface area contributed by atoms with E-state index in [0.29, 0.717) is 0 Å². The van der Waals surface area contributed by atoms with Gasteiger partial charge in [-0.1, -0.05) is 0 Å². The number of nitrogens with one attached hydrogen (secondary N) is 1. The van der Waals surface area contributed by atoms with E-state index in [4.69, 9.17) is 4.74 Å². The predicted molar refractivity (Wildman–Crippen MR) is 73.1 cm³/mol. The zero-order chi connectivity index (χ0) is 11.8. The zero-order valence-corrected chi connectivity index (χ0v) is 12.2. The molecular formula is C11H19BrN2OS. The maximum absolute atomic E-state index is 5.48. The summed E-state index contributed by atoms with van der Waals surface area (Å²) in [6.07, 6.45) is 0. The third-order valence-electron chi connectivity index (χ3n) is 2.08. The topological polar surface area (TPSA) is 24.5 Å². The van der Waals surface area contributed by atoms with Crippen molar-refractivity contribution in [2.24, 2.45) is 0 Å². The van der Waals surface area contributed by atoms with E-state index in [-0.39, 0.29) is 0 Å².